The van der Waals surface area contributed by atoms with Gasteiger partial charge in [-0.3, -0.25) is 4.98 Å². The van der Waals surface area contributed by atoms with Gasteiger partial charge in [-0.2, -0.15) is 4.72 Å². The molecule has 7 heteroatoms. The number of rotatable bonds is 5. The van der Waals surface area contributed by atoms with Crippen LogP contribution in [0, 0.1) is 17.7 Å². The maximum absolute atomic E-state index is 13.1. The number of aromatic nitrogens is 1. The van der Waals surface area contributed by atoms with E-state index in [1.807, 2.05) is 30.3 Å². The lowest BCUT2D eigenvalue weighted by Crippen LogP contribution is -2.24. The number of ether oxygens (including phenoxy) is 1. The van der Waals surface area contributed by atoms with Crippen LogP contribution in [0.1, 0.15) is 0 Å². The molecule has 0 aliphatic heterocycles. The number of benzene rings is 2. The van der Waals surface area contributed by atoms with Crippen molar-refractivity contribution in [3.8, 4) is 17.6 Å². The average Bonchev–Trinajstić information content (AvgIpc) is 2.64. The highest BCUT2D eigenvalue weighted by atomic mass is 32.2. The van der Waals surface area contributed by atoms with Crippen molar-refractivity contribution in [1.29, 1.82) is 0 Å². The van der Waals surface area contributed by atoms with Crippen molar-refractivity contribution in [2.45, 2.75) is 4.90 Å². The largest absolute Gasteiger partial charge is 0.481 e. The van der Waals surface area contributed by atoms with Gasteiger partial charge < -0.3 is 4.74 Å². The molecule has 3 aromatic rings. The van der Waals surface area contributed by atoms with E-state index in [2.05, 4.69) is 21.5 Å². The molecule has 3 rings (SSSR count). The molecule has 132 valence electrons. The maximum atomic E-state index is 13.1. The summed E-state index contributed by atoms with van der Waals surface area (Å²) < 4.78 is 44.9. The van der Waals surface area contributed by atoms with Gasteiger partial charge in [0.05, 0.1) is 17.0 Å². The highest BCUT2D eigenvalue weighted by Crippen LogP contribution is 2.18. The molecule has 26 heavy (non-hydrogen) atoms. The van der Waals surface area contributed by atoms with Crippen molar-refractivity contribution < 1.29 is 17.5 Å². The molecule has 0 atom stereocenters. The molecule has 1 heterocycles. The zero-order chi connectivity index (χ0) is 18.4. The lowest BCUT2D eigenvalue weighted by Gasteiger charge is -2.04. The SMILES string of the molecule is O=S(=O)(NCC#CCOc1ccc2cccnc2c1)c1cccc(F)c1. The summed E-state index contributed by atoms with van der Waals surface area (Å²) in [4.78, 5) is 4.10. The van der Waals surface area contributed by atoms with E-state index < -0.39 is 15.8 Å². The summed E-state index contributed by atoms with van der Waals surface area (Å²) in [6.45, 7) is 0.0154. The van der Waals surface area contributed by atoms with Crippen LogP contribution in [0.4, 0.5) is 4.39 Å². The number of nitrogens with one attached hydrogen (secondary N) is 1. The number of nitrogens with zero attached hydrogens (tertiary/aromatic N) is 1. The quantitative estimate of drug-likeness (QED) is 0.701. The minimum absolute atomic E-state index is 0.0958. The maximum Gasteiger partial charge on any atom is 0.241 e. The Balaban J connectivity index is 1.52. The monoisotopic (exact) mass is 370 g/mol. The Kier molecular flexibility index (Phi) is 5.46. The van der Waals surface area contributed by atoms with Crippen LogP contribution < -0.4 is 9.46 Å². The van der Waals surface area contributed by atoms with E-state index >= 15 is 0 Å². The number of sulfonamides is 1. The minimum atomic E-state index is -3.79. The first kappa shape index (κ1) is 17.9. The first-order valence-electron chi connectivity index (χ1n) is 7.73. The molecule has 1 aromatic heterocycles. The molecule has 0 bridgehead atoms. The standard InChI is InChI=1S/C19H15FN2O3S/c20-16-6-3-7-18(13-16)26(23,24)22-11-1-2-12-25-17-9-8-15-5-4-10-21-19(15)14-17/h3-10,13-14,22H,11-12H2. The molecule has 0 saturated carbocycles. The van der Waals surface area contributed by atoms with E-state index in [1.165, 1.54) is 18.2 Å². The fourth-order valence-electron chi connectivity index (χ4n) is 2.22. The molecule has 1 N–H and O–H groups in total. The smallest absolute Gasteiger partial charge is 0.241 e. The van der Waals surface area contributed by atoms with Gasteiger partial charge in [0.1, 0.15) is 18.2 Å². The molecule has 0 spiro atoms. The topological polar surface area (TPSA) is 68.3 Å². The molecule has 0 fully saturated rings. The van der Waals surface area contributed by atoms with Crippen molar-refractivity contribution in [2.75, 3.05) is 13.2 Å². The van der Waals surface area contributed by atoms with Crippen LogP contribution >= 0.6 is 0 Å². The average molecular weight is 370 g/mol. The second kappa shape index (κ2) is 7.95. The molecule has 0 aliphatic carbocycles. The summed E-state index contributed by atoms with van der Waals surface area (Å²) in [5.74, 6) is 5.40. The fraction of sp³-hybridized carbons (Fsp3) is 0.105. The molecule has 0 unspecified atom stereocenters. The van der Waals surface area contributed by atoms with E-state index in [4.69, 9.17) is 4.74 Å². The number of pyridine rings is 1. The van der Waals surface area contributed by atoms with Crippen molar-refractivity contribution in [2.24, 2.45) is 0 Å². The summed E-state index contributed by atoms with van der Waals surface area (Å²) in [5.41, 5.74) is 0.820. The van der Waals surface area contributed by atoms with Gasteiger partial charge >= 0.3 is 0 Å². The zero-order valence-electron chi connectivity index (χ0n) is 13.6. The molecule has 0 aliphatic rings. The Bertz CT molecular complexity index is 1090. The zero-order valence-corrected chi connectivity index (χ0v) is 14.5. The van der Waals surface area contributed by atoms with E-state index in [-0.39, 0.29) is 18.0 Å². The van der Waals surface area contributed by atoms with Crippen LogP contribution in [-0.2, 0) is 10.0 Å². The predicted octanol–water partition coefficient (Wildman–Crippen LogP) is 2.73. The van der Waals surface area contributed by atoms with Gasteiger partial charge in [-0.1, -0.05) is 24.0 Å². The van der Waals surface area contributed by atoms with E-state index in [0.717, 1.165) is 17.0 Å². The van der Waals surface area contributed by atoms with Gasteiger partial charge in [0.15, 0.2) is 0 Å². The van der Waals surface area contributed by atoms with Gasteiger partial charge in [-0.25, -0.2) is 12.8 Å². The van der Waals surface area contributed by atoms with Gasteiger partial charge in [0.2, 0.25) is 10.0 Å². The lowest BCUT2D eigenvalue weighted by atomic mass is 10.2. The molecule has 2 aromatic carbocycles. The first-order chi connectivity index (χ1) is 12.5. The molecule has 5 nitrogen and oxygen atoms in total. The molecular formula is C19H15FN2O3S. The molecular weight excluding hydrogens is 355 g/mol. The van der Waals surface area contributed by atoms with Crippen molar-refractivity contribution in [3.63, 3.8) is 0 Å². The van der Waals surface area contributed by atoms with E-state index in [0.29, 0.717) is 5.75 Å². The summed E-state index contributed by atoms with van der Waals surface area (Å²) >= 11 is 0. The number of halogens is 1. The Morgan fingerprint density at radius 3 is 2.81 bits per heavy atom. The van der Waals surface area contributed by atoms with Gasteiger partial charge in [-0.05, 0) is 36.4 Å². The minimum Gasteiger partial charge on any atom is -0.481 e. The third-order valence-corrected chi connectivity index (χ3v) is 4.87. The second-order valence-electron chi connectivity index (χ2n) is 5.28. The normalized spacial score (nSPS) is 11.0. The third-order valence-electron chi connectivity index (χ3n) is 3.47. The number of fused-ring (bicyclic) bond motifs is 1. The Morgan fingerprint density at radius 1 is 1.08 bits per heavy atom. The predicted molar refractivity (Wildman–Crippen MR) is 96.6 cm³/mol. The van der Waals surface area contributed by atoms with Crippen LogP contribution in [0.3, 0.4) is 0 Å². The van der Waals surface area contributed by atoms with Gasteiger partial charge in [0, 0.05) is 17.6 Å². The number of hydrogen-bond donors (Lipinski definition) is 1. The summed E-state index contributed by atoms with van der Waals surface area (Å²) in [6, 6.07) is 14.1. The van der Waals surface area contributed by atoms with Crippen molar-refractivity contribution >= 4 is 20.9 Å². The summed E-state index contributed by atoms with van der Waals surface area (Å²) in [5, 5.41) is 1.01. The summed E-state index contributed by atoms with van der Waals surface area (Å²) in [7, 11) is -3.79. The van der Waals surface area contributed by atoms with Crippen molar-refractivity contribution in [1.82, 2.24) is 9.71 Å². The molecule has 0 saturated heterocycles. The Morgan fingerprint density at radius 2 is 1.96 bits per heavy atom. The lowest BCUT2D eigenvalue weighted by molar-refractivity contribution is 0.370. The van der Waals surface area contributed by atoms with E-state index in [9.17, 15) is 12.8 Å². The van der Waals surface area contributed by atoms with E-state index in [1.54, 1.807) is 6.20 Å². The van der Waals surface area contributed by atoms with Crippen molar-refractivity contribution in [3.05, 3.63) is 66.6 Å². The van der Waals surface area contributed by atoms with Crippen LogP contribution in [0.5, 0.6) is 5.75 Å². The Labute approximate surface area is 150 Å². The van der Waals surface area contributed by atoms with Crippen LogP contribution in [0.2, 0.25) is 0 Å². The number of hydrogen-bond acceptors (Lipinski definition) is 4. The molecule has 0 amide bonds. The molecule has 0 radical (unpaired) electrons. The first-order valence-corrected chi connectivity index (χ1v) is 9.21. The van der Waals surface area contributed by atoms with Crippen LogP contribution in [-0.4, -0.2) is 26.6 Å². The van der Waals surface area contributed by atoms with Gasteiger partial charge in [-0.15, -0.1) is 0 Å². The van der Waals surface area contributed by atoms with Crippen LogP contribution in [0.15, 0.2) is 65.7 Å². The fourth-order valence-corrected chi connectivity index (χ4v) is 3.17. The highest BCUT2D eigenvalue weighted by molar-refractivity contribution is 7.89. The highest BCUT2D eigenvalue weighted by Gasteiger charge is 2.12. The van der Waals surface area contributed by atoms with Crippen LogP contribution in [0.25, 0.3) is 10.9 Å². The second-order valence-corrected chi connectivity index (χ2v) is 7.05. The summed E-state index contributed by atoms with van der Waals surface area (Å²) in [6.07, 6.45) is 1.70. The van der Waals surface area contributed by atoms with Gasteiger partial charge in [0.25, 0.3) is 0 Å². The third kappa shape index (κ3) is 4.57. The Hall–Kier alpha value is -2.95.